The van der Waals surface area contributed by atoms with Gasteiger partial charge < -0.3 is 19.3 Å². The Hall–Kier alpha value is -0.810. The molecule has 0 fully saturated rings. The van der Waals surface area contributed by atoms with Gasteiger partial charge >= 0.3 is 6.16 Å². The molecule has 32 heavy (non-hydrogen) atoms. The minimum atomic E-state index is -0.521. The van der Waals surface area contributed by atoms with Crippen LogP contribution in [0.5, 0.6) is 0 Å². The molecule has 2 unspecified atom stereocenters. The van der Waals surface area contributed by atoms with Gasteiger partial charge in [0.05, 0.1) is 0 Å². The molecular formula is C27H56N2O3. The normalized spacial score (nSPS) is 14.2. The first-order valence-electron chi connectivity index (χ1n) is 13.2. The highest BCUT2D eigenvalue weighted by molar-refractivity contribution is 5.60. The van der Waals surface area contributed by atoms with Crippen molar-refractivity contribution in [2.24, 2.45) is 23.7 Å². The lowest BCUT2D eigenvalue weighted by atomic mass is 10.1. The van der Waals surface area contributed by atoms with Crippen molar-refractivity contribution in [3.63, 3.8) is 0 Å². The van der Waals surface area contributed by atoms with Crippen LogP contribution in [-0.4, -0.2) is 67.4 Å². The molecule has 0 aliphatic carbocycles. The van der Waals surface area contributed by atoms with E-state index in [9.17, 15) is 4.79 Å². The molecule has 0 rings (SSSR count). The molecule has 2 atom stereocenters. The smallest absolute Gasteiger partial charge is 0.431 e. The Morgan fingerprint density at radius 1 is 0.562 bits per heavy atom. The third-order valence-electron chi connectivity index (χ3n) is 5.26. The van der Waals surface area contributed by atoms with Crippen LogP contribution in [0.25, 0.3) is 0 Å². The van der Waals surface area contributed by atoms with Crippen LogP contribution in [0.1, 0.15) is 94.9 Å². The summed E-state index contributed by atoms with van der Waals surface area (Å²) in [5.41, 5.74) is 0. The molecule has 0 amide bonds. The highest BCUT2D eigenvalue weighted by Gasteiger charge is 2.16. The Kier molecular flexibility index (Phi) is 17.2. The zero-order valence-corrected chi connectivity index (χ0v) is 23.2. The van der Waals surface area contributed by atoms with E-state index >= 15 is 0 Å². The molecule has 0 N–H and O–H groups in total. The number of ether oxygens (including phenoxy) is 2. The minimum absolute atomic E-state index is 0.109. The first-order chi connectivity index (χ1) is 14.9. The number of rotatable bonds is 18. The summed E-state index contributed by atoms with van der Waals surface area (Å²) in [5.74, 6) is 2.67. The molecule has 0 radical (unpaired) electrons. The van der Waals surface area contributed by atoms with Crippen LogP contribution in [-0.2, 0) is 9.47 Å². The number of hydrogen-bond acceptors (Lipinski definition) is 5. The van der Waals surface area contributed by atoms with E-state index in [-0.39, 0.29) is 12.2 Å². The van der Waals surface area contributed by atoms with E-state index in [1.165, 1.54) is 0 Å². The Morgan fingerprint density at radius 3 is 1.09 bits per heavy atom. The lowest BCUT2D eigenvalue weighted by Gasteiger charge is -2.27. The Bertz CT molecular complexity index is 406. The average Bonchev–Trinajstić information content (AvgIpc) is 2.58. The summed E-state index contributed by atoms with van der Waals surface area (Å²) < 4.78 is 11.0. The fourth-order valence-electron chi connectivity index (χ4n) is 4.26. The van der Waals surface area contributed by atoms with Gasteiger partial charge in [0.15, 0.2) is 0 Å². The van der Waals surface area contributed by atoms with Crippen molar-refractivity contribution < 1.29 is 14.3 Å². The van der Waals surface area contributed by atoms with E-state index in [0.29, 0.717) is 23.7 Å². The maximum atomic E-state index is 12.2. The van der Waals surface area contributed by atoms with Crippen LogP contribution in [0.4, 0.5) is 4.79 Å². The van der Waals surface area contributed by atoms with E-state index < -0.39 is 6.16 Å². The molecule has 0 aromatic carbocycles. The van der Waals surface area contributed by atoms with Gasteiger partial charge in [0.25, 0.3) is 0 Å². The Balaban J connectivity index is 4.18. The zero-order valence-electron chi connectivity index (χ0n) is 23.2. The predicted octanol–water partition coefficient (Wildman–Crippen LogP) is 6.71. The van der Waals surface area contributed by atoms with Gasteiger partial charge in [0.2, 0.25) is 0 Å². The molecule has 5 heteroatoms. The van der Waals surface area contributed by atoms with Crippen LogP contribution in [0.3, 0.4) is 0 Å². The molecule has 0 aromatic rings. The van der Waals surface area contributed by atoms with E-state index in [1.807, 2.05) is 13.8 Å². The van der Waals surface area contributed by atoms with Gasteiger partial charge in [0.1, 0.15) is 12.2 Å². The number of carbonyl (C=O) groups is 1. The van der Waals surface area contributed by atoms with Crippen molar-refractivity contribution in [3.05, 3.63) is 0 Å². The largest absolute Gasteiger partial charge is 0.508 e. The standard InChI is InChI=1S/C27H56N2O3/c1-21(2)17-28(18-22(3)4)15-11-13-25(9)31-27(30)32-26(10)14-12-16-29(19-23(5)6)20-24(7)8/h21-26H,11-20H2,1-10H3. The van der Waals surface area contributed by atoms with Gasteiger partial charge in [-0.1, -0.05) is 55.4 Å². The molecule has 0 spiro atoms. The number of nitrogens with zero attached hydrogens (tertiary/aromatic N) is 2. The summed E-state index contributed by atoms with van der Waals surface area (Å²) in [6.45, 7) is 28.7. The predicted molar refractivity (Wildman–Crippen MR) is 137 cm³/mol. The van der Waals surface area contributed by atoms with Crippen LogP contribution in [0.2, 0.25) is 0 Å². The second-order valence-corrected chi connectivity index (χ2v) is 11.5. The van der Waals surface area contributed by atoms with Gasteiger partial charge in [-0.15, -0.1) is 0 Å². The lowest BCUT2D eigenvalue weighted by Crippen LogP contribution is -2.33. The quantitative estimate of drug-likeness (QED) is 0.215. The molecule has 0 aliphatic rings. The van der Waals surface area contributed by atoms with Crippen molar-refractivity contribution in [1.82, 2.24) is 9.80 Å². The second-order valence-electron chi connectivity index (χ2n) is 11.5. The Labute approximate surface area is 200 Å². The first kappa shape index (κ1) is 31.2. The molecule has 0 aromatic heterocycles. The molecule has 0 heterocycles. The average molecular weight is 457 g/mol. The summed E-state index contributed by atoms with van der Waals surface area (Å²) in [6, 6.07) is 0. The fourth-order valence-corrected chi connectivity index (χ4v) is 4.26. The summed E-state index contributed by atoms with van der Waals surface area (Å²) in [6.07, 6.45) is 3.07. The second kappa shape index (κ2) is 17.6. The van der Waals surface area contributed by atoms with Crippen LogP contribution < -0.4 is 0 Å². The molecule has 0 bridgehead atoms. The van der Waals surface area contributed by atoms with Gasteiger partial charge in [-0.25, -0.2) is 4.79 Å². The zero-order chi connectivity index (χ0) is 24.7. The minimum Gasteiger partial charge on any atom is -0.431 e. The summed E-state index contributed by atoms with van der Waals surface area (Å²) >= 11 is 0. The molecule has 0 saturated heterocycles. The van der Waals surface area contributed by atoms with Crippen molar-refractivity contribution in [3.8, 4) is 0 Å². The van der Waals surface area contributed by atoms with Crippen molar-refractivity contribution in [2.45, 2.75) is 107 Å². The summed E-state index contributed by atoms with van der Waals surface area (Å²) in [5, 5.41) is 0. The van der Waals surface area contributed by atoms with Gasteiger partial charge in [-0.05, 0) is 76.3 Å². The molecule has 5 nitrogen and oxygen atoms in total. The maximum absolute atomic E-state index is 12.2. The van der Waals surface area contributed by atoms with E-state index in [1.54, 1.807) is 0 Å². The van der Waals surface area contributed by atoms with Crippen molar-refractivity contribution in [2.75, 3.05) is 39.3 Å². The molecular weight excluding hydrogens is 400 g/mol. The van der Waals surface area contributed by atoms with Gasteiger partial charge in [-0.3, -0.25) is 0 Å². The number of hydrogen-bond donors (Lipinski definition) is 0. The number of carbonyl (C=O) groups excluding carboxylic acids is 1. The first-order valence-corrected chi connectivity index (χ1v) is 13.2. The van der Waals surface area contributed by atoms with Crippen LogP contribution >= 0.6 is 0 Å². The van der Waals surface area contributed by atoms with Crippen LogP contribution in [0.15, 0.2) is 0 Å². The lowest BCUT2D eigenvalue weighted by molar-refractivity contribution is 0.00164. The van der Waals surface area contributed by atoms with E-state index in [4.69, 9.17) is 9.47 Å². The van der Waals surface area contributed by atoms with Gasteiger partial charge in [0, 0.05) is 26.2 Å². The van der Waals surface area contributed by atoms with E-state index in [0.717, 1.165) is 65.0 Å². The monoisotopic (exact) mass is 456 g/mol. The highest BCUT2D eigenvalue weighted by Crippen LogP contribution is 2.12. The third kappa shape index (κ3) is 18.7. The molecule has 0 aliphatic heterocycles. The highest BCUT2D eigenvalue weighted by atomic mass is 16.7. The SMILES string of the molecule is CC(C)CN(CCCC(C)OC(=O)OC(C)CCCN(CC(C)C)CC(C)C)CC(C)C. The summed E-state index contributed by atoms with van der Waals surface area (Å²) in [7, 11) is 0. The van der Waals surface area contributed by atoms with Crippen molar-refractivity contribution in [1.29, 1.82) is 0 Å². The maximum Gasteiger partial charge on any atom is 0.508 e. The summed E-state index contributed by atoms with van der Waals surface area (Å²) in [4.78, 5) is 17.2. The molecule has 0 saturated carbocycles. The molecule has 192 valence electrons. The fraction of sp³-hybridized carbons (Fsp3) is 0.963. The third-order valence-corrected chi connectivity index (χ3v) is 5.26. The Morgan fingerprint density at radius 2 is 0.844 bits per heavy atom. The van der Waals surface area contributed by atoms with Crippen molar-refractivity contribution >= 4 is 6.16 Å². The van der Waals surface area contributed by atoms with Gasteiger partial charge in [-0.2, -0.15) is 0 Å². The van der Waals surface area contributed by atoms with Crippen LogP contribution in [0, 0.1) is 23.7 Å². The van der Waals surface area contributed by atoms with E-state index in [2.05, 4.69) is 65.2 Å². The topological polar surface area (TPSA) is 42.0 Å².